The fraction of sp³-hybridized carbons (Fsp3) is 0.452. The van der Waals surface area contributed by atoms with Crippen LogP contribution in [-0.2, 0) is 25.4 Å². The fourth-order valence-electron chi connectivity index (χ4n) is 8.19. The van der Waals surface area contributed by atoms with Gasteiger partial charge >= 0.3 is 6.18 Å². The summed E-state index contributed by atoms with van der Waals surface area (Å²) in [5, 5.41) is 17.7. The minimum Gasteiger partial charge on any atom is -0.492 e. The van der Waals surface area contributed by atoms with Crippen LogP contribution in [0.1, 0.15) is 76.1 Å². The van der Waals surface area contributed by atoms with Crippen molar-refractivity contribution in [1.29, 1.82) is 5.26 Å². The van der Waals surface area contributed by atoms with Crippen LogP contribution >= 0.6 is 12.2 Å². The largest absolute Gasteiger partial charge is 0.492 e. The number of nitrogens with one attached hydrogen (secondary N) is 3. The van der Waals surface area contributed by atoms with Gasteiger partial charge < -0.3 is 20.3 Å². The van der Waals surface area contributed by atoms with Gasteiger partial charge in [-0.15, -0.1) is 0 Å². The van der Waals surface area contributed by atoms with Gasteiger partial charge in [-0.1, -0.05) is 6.07 Å². The molecule has 4 aliphatic rings. The lowest BCUT2D eigenvalue weighted by Crippen LogP contribution is -2.58. The second-order valence-corrected chi connectivity index (χ2v) is 16.6. The summed E-state index contributed by atoms with van der Waals surface area (Å²) >= 11 is 5.74. The molecule has 4 fully saturated rings. The van der Waals surface area contributed by atoms with E-state index in [2.05, 4.69) is 44.6 Å². The van der Waals surface area contributed by atoms with E-state index in [-0.39, 0.29) is 59.5 Å². The number of imide groups is 1. The number of alkyl halides is 3. The van der Waals surface area contributed by atoms with E-state index in [9.17, 15) is 37.6 Å². The van der Waals surface area contributed by atoms with Crippen molar-refractivity contribution in [3.05, 3.63) is 71.5 Å². The van der Waals surface area contributed by atoms with Crippen molar-refractivity contribution in [2.24, 2.45) is 0 Å². The third-order valence-corrected chi connectivity index (χ3v) is 11.7. The molecule has 1 saturated carbocycles. The number of nitriles is 1. The lowest BCUT2D eigenvalue weighted by molar-refractivity contribution is -0.138. The molecule has 0 bridgehead atoms. The topological polar surface area (TPSA) is 163 Å². The summed E-state index contributed by atoms with van der Waals surface area (Å²) in [6, 6.07) is 14.5. The van der Waals surface area contributed by atoms with Crippen LogP contribution in [0, 0.1) is 11.3 Å². The predicted octanol–water partition coefficient (Wildman–Crippen LogP) is 5.40. The molecule has 3 saturated heterocycles. The van der Waals surface area contributed by atoms with Crippen LogP contribution in [0.5, 0.6) is 5.75 Å². The molecule has 18 heteroatoms. The zero-order valence-corrected chi connectivity index (χ0v) is 34.5. The Morgan fingerprint density at radius 1 is 1.03 bits per heavy atom. The maximum Gasteiger partial charge on any atom is 0.419 e. The number of rotatable bonds is 12. The predicted molar refractivity (Wildman–Crippen MR) is 221 cm³/mol. The van der Waals surface area contributed by atoms with Crippen molar-refractivity contribution in [2.75, 3.05) is 53.2 Å². The number of thiocarbonyl (C=S) groups is 1. The van der Waals surface area contributed by atoms with Gasteiger partial charge in [0.1, 0.15) is 30.0 Å². The number of halogens is 3. The first-order chi connectivity index (χ1) is 28.4. The number of pyridine rings is 1. The Bertz CT molecular complexity index is 2250. The average Bonchev–Trinajstić information content (AvgIpc) is 4.01. The zero-order chi connectivity index (χ0) is 43.1. The molecule has 1 aromatic heterocycles. The molecule has 3 atom stereocenters. The molecule has 1 aliphatic carbocycles. The summed E-state index contributed by atoms with van der Waals surface area (Å²) in [5.41, 5.74) is -0.634. The smallest absolute Gasteiger partial charge is 0.419 e. The number of piperidine rings is 1. The lowest BCUT2D eigenvalue weighted by atomic mass is 10.0. The van der Waals surface area contributed by atoms with Crippen molar-refractivity contribution in [2.45, 2.75) is 89.1 Å². The Morgan fingerprint density at radius 2 is 1.75 bits per heavy atom. The van der Waals surface area contributed by atoms with Crippen LogP contribution < -0.4 is 30.5 Å². The number of ether oxygens (including phenoxy) is 1. The summed E-state index contributed by atoms with van der Waals surface area (Å²) in [6.45, 7) is 10.2. The van der Waals surface area contributed by atoms with Crippen molar-refractivity contribution in [3.63, 3.8) is 0 Å². The molecule has 4 amide bonds. The number of piperazine rings is 1. The highest BCUT2D eigenvalue weighted by Gasteiger charge is 2.51. The number of carbonyl (C=O) groups is 4. The lowest BCUT2D eigenvalue weighted by Gasteiger charge is -2.44. The zero-order valence-electron chi connectivity index (χ0n) is 33.6. The molecule has 60 heavy (non-hydrogen) atoms. The molecule has 0 radical (unpaired) electrons. The Kier molecular flexibility index (Phi) is 11.9. The number of anilines is 4. The number of benzene rings is 2. The highest BCUT2D eigenvalue weighted by atomic mass is 32.1. The highest BCUT2D eigenvalue weighted by molar-refractivity contribution is 7.81. The fourth-order valence-corrected chi connectivity index (χ4v) is 8.71. The Hall–Kier alpha value is -5.64. The molecular weight excluding hydrogens is 800 g/mol. The van der Waals surface area contributed by atoms with Crippen molar-refractivity contribution in [3.8, 4) is 11.8 Å². The van der Waals surface area contributed by atoms with Gasteiger partial charge in [-0.3, -0.25) is 39.2 Å². The first-order valence-corrected chi connectivity index (χ1v) is 20.3. The minimum atomic E-state index is -4.86. The highest BCUT2D eigenvalue weighted by Crippen LogP contribution is 2.47. The van der Waals surface area contributed by atoms with E-state index in [0.29, 0.717) is 42.4 Å². The Morgan fingerprint density at radius 3 is 2.42 bits per heavy atom. The van der Waals surface area contributed by atoms with E-state index < -0.39 is 34.9 Å². The molecule has 7 rings (SSSR count). The number of amides is 4. The van der Waals surface area contributed by atoms with Gasteiger partial charge in [-0.25, -0.2) is 4.98 Å². The summed E-state index contributed by atoms with van der Waals surface area (Å²) in [5.74, 6) is -0.375. The first kappa shape index (κ1) is 42.5. The molecule has 0 spiro atoms. The summed E-state index contributed by atoms with van der Waals surface area (Å²) < 4.78 is 47.8. The first-order valence-electron chi connectivity index (χ1n) is 19.9. The molecule has 3 aliphatic heterocycles. The van der Waals surface area contributed by atoms with Gasteiger partial charge in [-0.2, -0.15) is 18.4 Å². The number of carbonyl (C=O) groups excluding carboxylic acids is 4. The second kappa shape index (κ2) is 16.8. The van der Waals surface area contributed by atoms with Crippen molar-refractivity contribution < 1.29 is 37.1 Å². The second-order valence-electron chi connectivity index (χ2n) is 16.3. The van der Waals surface area contributed by atoms with E-state index in [0.717, 1.165) is 48.7 Å². The molecule has 4 heterocycles. The summed E-state index contributed by atoms with van der Waals surface area (Å²) in [6.07, 6.45) is -1.22. The number of hydrogen-bond acceptors (Lipinski definition) is 11. The molecule has 316 valence electrons. The van der Waals surface area contributed by atoms with E-state index in [1.165, 1.54) is 6.07 Å². The number of nitrogens with zero attached hydrogens (tertiary/aromatic N) is 6. The molecule has 3 N–H and O–H groups in total. The van der Waals surface area contributed by atoms with Gasteiger partial charge in [0, 0.05) is 55.2 Å². The summed E-state index contributed by atoms with van der Waals surface area (Å²) in [7, 11) is 0. The maximum absolute atomic E-state index is 13.8. The van der Waals surface area contributed by atoms with Crippen LogP contribution in [0.2, 0.25) is 0 Å². The van der Waals surface area contributed by atoms with Crippen LogP contribution in [0.3, 0.4) is 0 Å². The maximum atomic E-state index is 13.8. The van der Waals surface area contributed by atoms with E-state index in [1.54, 1.807) is 49.1 Å². The van der Waals surface area contributed by atoms with Gasteiger partial charge in [0.05, 0.1) is 24.0 Å². The molecule has 3 aromatic rings. The average molecular weight is 846 g/mol. The molecular formula is C42H46F3N9O5S. The van der Waals surface area contributed by atoms with E-state index in [4.69, 9.17) is 17.0 Å². The van der Waals surface area contributed by atoms with Gasteiger partial charge in [-0.05, 0) is 113 Å². The van der Waals surface area contributed by atoms with Crippen LogP contribution in [-0.4, -0.2) is 100.0 Å². The van der Waals surface area contributed by atoms with E-state index >= 15 is 0 Å². The number of hydrogen-bond donors (Lipinski definition) is 3. The van der Waals surface area contributed by atoms with Crippen molar-refractivity contribution >= 4 is 63.7 Å². The van der Waals surface area contributed by atoms with E-state index in [1.807, 2.05) is 12.1 Å². The van der Waals surface area contributed by atoms with Gasteiger partial charge in [0.2, 0.25) is 17.7 Å². The van der Waals surface area contributed by atoms with Crippen LogP contribution in [0.4, 0.5) is 35.9 Å². The molecule has 14 nitrogen and oxygen atoms in total. The Balaban J connectivity index is 0.946. The molecule has 2 aromatic carbocycles. The molecule has 1 unspecified atom stereocenters. The van der Waals surface area contributed by atoms with Gasteiger partial charge in [0.25, 0.3) is 5.91 Å². The normalized spacial score (nSPS) is 22.4. The van der Waals surface area contributed by atoms with Crippen LogP contribution in [0.15, 0.2) is 54.7 Å². The monoisotopic (exact) mass is 845 g/mol. The standard InChI is InChI=1S/C42H46F3N9O5S/c1-24-21-51(22-25(2)52(24)23-37(56)49-28-7-5-6-27(16-28)48-33-11-13-36(55)50-38(33)57)14-15-59-35-12-10-29(17-31(35)26-8-9-26)54-40(60)53(39(58)41(54,3)4)30-18-32(42(43,44)45)34(19-46)47-20-30/h5-7,10,12,16-18,20,24-26,33,48H,8-9,11,13-15,21-23H2,1-4H3,(H,49,56)(H,50,55,57)/t24-,25+,33?. The Labute approximate surface area is 351 Å². The van der Waals surface area contributed by atoms with Crippen molar-refractivity contribution in [1.82, 2.24) is 20.1 Å². The van der Waals surface area contributed by atoms with Crippen LogP contribution in [0.25, 0.3) is 0 Å². The SMILES string of the molecule is C[C@@H]1CN(CCOc2ccc(N3C(=S)N(c4cnc(C#N)c(C(F)(F)F)c4)C(=O)C3(C)C)cc2C2CC2)C[C@H](C)N1CC(=O)Nc1cccc(NC2CCC(=O)NC2=O)c1. The quantitative estimate of drug-likeness (QED) is 0.158. The summed E-state index contributed by atoms with van der Waals surface area (Å²) in [4.78, 5) is 61.5. The third-order valence-electron chi connectivity index (χ3n) is 11.4. The number of aromatic nitrogens is 1. The minimum absolute atomic E-state index is 0.00607. The third kappa shape index (κ3) is 8.93. The van der Waals surface area contributed by atoms with Gasteiger partial charge in [0.15, 0.2) is 10.8 Å².